The molecule has 0 radical (unpaired) electrons. The highest BCUT2D eigenvalue weighted by Gasteiger charge is 2.49. The van der Waals surface area contributed by atoms with E-state index in [0.717, 1.165) is 49.0 Å². The summed E-state index contributed by atoms with van der Waals surface area (Å²) in [5.41, 5.74) is 2.93. The van der Waals surface area contributed by atoms with Crippen molar-refractivity contribution in [3.63, 3.8) is 0 Å². The lowest BCUT2D eigenvalue weighted by molar-refractivity contribution is -0.128. The summed E-state index contributed by atoms with van der Waals surface area (Å²) in [5.74, 6) is -0.127. The van der Waals surface area contributed by atoms with Crippen molar-refractivity contribution in [2.45, 2.75) is 38.9 Å². The van der Waals surface area contributed by atoms with E-state index in [0.29, 0.717) is 23.8 Å². The molecular weight excluding hydrogens is 404 g/mol. The van der Waals surface area contributed by atoms with Crippen molar-refractivity contribution in [1.82, 2.24) is 14.3 Å². The van der Waals surface area contributed by atoms with Crippen molar-refractivity contribution >= 4 is 28.5 Å². The van der Waals surface area contributed by atoms with Gasteiger partial charge in [-0.1, -0.05) is 6.07 Å². The zero-order valence-corrected chi connectivity index (χ0v) is 17.7. The van der Waals surface area contributed by atoms with Gasteiger partial charge in [-0.3, -0.25) is 9.69 Å². The second-order valence-electron chi connectivity index (χ2n) is 8.41. The van der Waals surface area contributed by atoms with Crippen molar-refractivity contribution in [3.8, 4) is 0 Å². The summed E-state index contributed by atoms with van der Waals surface area (Å²) in [7, 11) is 0. The molecule has 2 fully saturated rings. The summed E-state index contributed by atoms with van der Waals surface area (Å²) in [6.07, 6.45) is 3.28. The van der Waals surface area contributed by atoms with Gasteiger partial charge in [0, 0.05) is 30.2 Å². The van der Waals surface area contributed by atoms with E-state index in [1.807, 2.05) is 13.0 Å². The number of anilines is 1. The zero-order valence-electron chi connectivity index (χ0n) is 16.8. The number of nitrogens with zero attached hydrogens (tertiary/aromatic N) is 4. The molecule has 1 aromatic carbocycles. The monoisotopic (exact) mass is 428 g/mol. The number of β-amino-alcohol motifs (C(OH)–C–C–N with tert-alkyl or cyclic N) is 1. The third-order valence-electron chi connectivity index (χ3n) is 6.90. The van der Waals surface area contributed by atoms with Crippen LogP contribution >= 0.6 is 11.5 Å². The second-order valence-corrected chi connectivity index (χ2v) is 9.17. The first kappa shape index (κ1) is 19.6. The van der Waals surface area contributed by atoms with E-state index < -0.39 is 6.10 Å². The van der Waals surface area contributed by atoms with Gasteiger partial charge < -0.3 is 14.7 Å². The first-order valence-corrected chi connectivity index (χ1v) is 11.0. The number of ether oxygens (including phenoxy) is 1. The van der Waals surface area contributed by atoms with Gasteiger partial charge >= 0.3 is 5.97 Å². The van der Waals surface area contributed by atoms with E-state index in [1.165, 1.54) is 17.9 Å². The lowest BCUT2D eigenvalue weighted by Gasteiger charge is -2.38. The predicted molar refractivity (Wildman–Crippen MR) is 110 cm³/mol. The first-order valence-electron chi connectivity index (χ1n) is 10.3. The average molecular weight is 429 g/mol. The minimum atomic E-state index is -0.641. The topological polar surface area (TPSA) is 95.9 Å². The maximum Gasteiger partial charge on any atom is 0.338 e. The number of hydrogen-bond donors (Lipinski definition) is 1. The number of fused-ring (bicyclic) bond motifs is 1. The minimum absolute atomic E-state index is 0.165. The number of rotatable bonds is 4. The molecule has 5 rings (SSSR count). The zero-order chi connectivity index (χ0) is 20.9. The molecule has 1 aromatic heterocycles. The summed E-state index contributed by atoms with van der Waals surface area (Å²) < 4.78 is 9.13. The average Bonchev–Trinajstić information content (AvgIpc) is 3.46. The van der Waals surface area contributed by atoms with Gasteiger partial charge in [0.15, 0.2) is 0 Å². The molecule has 30 heavy (non-hydrogen) atoms. The molecule has 0 aliphatic carbocycles. The van der Waals surface area contributed by atoms with Crippen LogP contribution in [0, 0.1) is 12.3 Å². The largest absolute Gasteiger partial charge is 0.457 e. The fraction of sp³-hybridized carbons (Fsp3) is 0.524. The molecule has 1 spiro atoms. The van der Waals surface area contributed by atoms with Gasteiger partial charge in [0.05, 0.1) is 17.1 Å². The molecule has 158 valence electrons. The Morgan fingerprint density at radius 1 is 1.23 bits per heavy atom. The van der Waals surface area contributed by atoms with Crippen molar-refractivity contribution in [2.24, 2.45) is 5.41 Å². The molecule has 2 saturated heterocycles. The van der Waals surface area contributed by atoms with Crippen LogP contribution in [-0.4, -0.2) is 57.4 Å². The molecule has 1 amide bonds. The Morgan fingerprint density at radius 3 is 2.73 bits per heavy atom. The maximum absolute atomic E-state index is 13.1. The van der Waals surface area contributed by atoms with Crippen LogP contribution in [0.3, 0.4) is 0 Å². The highest BCUT2D eigenvalue weighted by Crippen LogP contribution is 2.43. The SMILES string of the molecule is Cc1c(C(O)CN2CCC3(CC2)CCN(c2ncns2)C3=O)ccc2c1COC2=O. The van der Waals surface area contributed by atoms with Crippen molar-refractivity contribution in [3.05, 3.63) is 40.7 Å². The van der Waals surface area contributed by atoms with E-state index in [-0.39, 0.29) is 23.9 Å². The van der Waals surface area contributed by atoms with E-state index in [9.17, 15) is 14.7 Å². The molecule has 0 bridgehead atoms. The van der Waals surface area contributed by atoms with E-state index in [2.05, 4.69) is 14.3 Å². The van der Waals surface area contributed by atoms with Gasteiger partial charge in [0.1, 0.15) is 12.9 Å². The van der Waals surface area contributed by atoms with Crippen LogP contribution in [0.5, 0.6) is 0 Å². The number of carbonyl (C=O) groups excluding carboxylic acids is 2. The third-order valence-corrected chi connectivity index (χ3v) is 7.59. The Kier molecular flexibility index (Phi) is 4.83. The number of aliphatic hydroxyl groups is 1. The van der Waals surface area contributed by atoms with Gasteiger partial charge in [-0.05, 0) is 56.5 Å². The summed E-state index contributed by atoms with van der Waals surface area (Å²) in [6, 6.07) is 3.58. The smallest absolute Gasteiger partial charge is 0.338 e. The Morgan fingerprint density at radius 2 is 2.00 bits per heavy atom. The molecule has 1 atom stereocenters. The molecule has 0 saturated carbocycles. The lowest BCUT2D eigenvalue weighted by Crippen LogP contribution is -2.45. The van der Waals surface area contributed by atoms with Gasteiger partial charge in [0.25, 0.3) is 0 Å². The number of aromatic nitrogens is 2. The van der Waals surface area contributed by atoms with E-state index in [4.69, 9.17) is 4.74 Å². The Balaban J connectivity index is 1.23. The highest BCUT2D eigenvalue weighted by atomic mass is 32.1. The second kappa shape index (κ2) is 7.40. The Labute approximate surface area is 178 Å². The molecule has 1 unspecified atom stereocenters. The van der Waals surface area contributed by atoms with Crippen molar-refractivity contribution < 1.29 is 19.4 Å². The van der Waals surface area contributed by atoms with Crippen LogP contribution in [0.2, 0.25) is 0 Å². The molecule has 3 aliphatic rings. The number of likely N-dealkylation sites (tertiary alicyclic amines) is 1. The quantitative estimate of drug-likeness (QED) is 0.745. The van der Waals surface area contributed by atoms with Gasteiger partial charge in [-0.15, -0.1) is 0 Å². The van der Waals surface area contributed by atoms with Gasteiger partial charge in [-0.25, -0.2) is 9.78 Å². The number of cyclic esters (lactones) is 1. The normalized spacial score (nSPS) is 21.9. The van der Waals surface area contributed by atoms with Crippen LogP contribution in [-0.2, 0) is 16.1 Å². The Bertz CT molecular complexity index is 985. The summed E-state index contributed by atoms with van der Waals surface area (Å²) >= 11 is 1.26. The number of hydrogen-bond acceptors (Lipinski definition) is 8. The molecule has 4 heterocycles. The molecule has 9 heteroatoms. The van der Waals surface area contributed by atoms with Crippen LogP contribution in [0.1, 0.15) is 52.4 Å². The summed E-state index contributed by atoms with van der Waals surface area (Å²) in [6.45, 7) is 4.98. The number of esters is 1. The summed E-state index contributed by atoms with van der Waals surface area (Å²) in [5, 5.41) is 11.6. The summed E-state index contributed by atoms with van der Waals surface area (Å²) in [4.78, 5) is 33.0. The van der Waals surface area contributed by atoms with Crippen LogP contribution in [0.4, 0.5) is 5.13 Å². The number of amides is 1. The number of piperidine rings is 1. The van der Waals surface area contributed by atoms with Gasteiger partial charge in [-0.2, -0.15) is 4.37 Å². The molecule has 3 aliphatic heterocycles. The van der Waals surface area contributed by atoms with E-state index in [1.54, 1.807) is 11.0 Å². The standard InChI is InChI=1S/C21H24N4O4S/c1-13-14(2-3-15-16(13)11-29-18(15)27)17(26)10-24-7-4-21(5-8-24)6-9-25(19(21)28)20-22-12-23-30-20/h2-3,12,17,26H,4-11H2,1H3. The van der Waals surface area contributed by atoms with Crippen molar-refractivity contribution in [1.29, 1.82) is 0 Å². The number of benzene rings is 1. The lowest BCUT2D eigenvalue weighted by atomic mass is 9.77. The molecule has 8 nitrogen and oxygen atoms in total. The van der Waals surface area contributed by atoms with Crippen molar-refractivity contribution in [2.75, 3.05) is 31.1 Å². The van der Waals surface area contributed by atoms with Gasteiger partial charge in [0.2, 0.25) is 11.0 Å². The van der Waals surface area contributed by atoms with Crippen LogP contribution in [0.25, 0.3) is 0 Å². The highest BCUT2D eigenvalue weighted by molar-refractivity contribution is 7.09. The molecule has 2 aromatic rings. The fourth-order valence-corrected chi connectivity index (χ4v) is 5.54. The molecule has 1 N–H and O–H groups in total. The predicted octanol–water partition coefficient (Wildman–Crippen LogP) is 2.07. The fourth-order valence-electron chi connectivity index (χ4n) is 4.99. The van der Waals surface area contributed by atoms with E-state index >= 15 is 0 Å². The van der Waals surface area contributed by atoms with Crippen LogP contribution < -0.4 is 4.90 Å². The first-order chi connectivity index (χ1) is 14.5. The maximum atomic E-state index is 13.1. The van der Waals surface area contributed by atoms with Crippen LogP contribution in [0.15, 0.2) is 18.5 Å². The molecular formula is C21H24N4O4S. The number of aliphatic hydroxyl groups excluding tert-OH is 1. The Hall–Kier alpha value is -2.36. The third kappa shape index (κ3) is 3.12. The minimum Gasteiger partial charge on any atom is -0.457 e. The number of carbonyl (C=O) groups is 2.